The molecule has 2 fully saturated rings. The standard InChI is InChI=1S/C18H29N3O2/c1-7-13-16(14(8-2)20(6)19-13)15-11-9-21(10-12(11)15)17(22)23-18(3,4)5/h11-12,15H,7-10H2,1-6H3/t11-,12+,15+. The molecule has 2 heterocycles. The van der Waals surface area contributed by atoms with Gasteiger partial charge in [0.05, 0.1) is 5.69 Å². The van der Waals surface area contributed by atoms with Gasteiger partial charge in [0.25, 0.3) is 0 Å². The molecule has 5 nitrogen and oxygen atoms in total. The number of fused-ring (bicyclic) bond motifs is 1. The second-order valence-electron chi connectivity index (χ2n) is 7.88. The molecule has 1 aliphatic heterocycles. The van der Waals surface area contributed by atoms with Gasteiger partial charge >= 0.3 is 6.09 Å². The van der Waals surface area contributed by atoms with Gasteiger partial charge in [-0.25, -0.2) is 4.79 Å². The minimum atomic E-state index is -0.419. The lowest BCUT2D eigenvalue weighted by Gasteiger charge is -2.26. The third-order valence-corrected chi connectivity index (χ3v) is 5.13. The van der Waals surface area contributed by atoms with Crippen LogP contribution in [0, 0.1) is 11.8 Å². The molecule has 0 bridgehead atoms. The molecule has 0 radical (unpaired) electrons. The normalized spacial score (nSPS) is 26.3. The lowest BCUT2D eigenvalue weighted by molar-refractivity contribution is 0.0271. The van der Waals surface area contributed by atoms with E-state index in [1.54, 1.807) is 0 Å². The number of hydrogen-bond donors (Lipinski definition) is 0. The lowest BCUT2D eigenvalue weighted by atomic mass is 10.0. The number of ether oxygens (including phenoxy) is 1. The van der Waals surface area contributed by atoms with E-state index in [0.717, 1.165) is 25.9 Å². The van der Waals surface area contributed by atoms with E-state index >= 15 is 0 Å². The Labute approximate surface area is 139 Å². The van der Waals surface area contributed by atoms with E-state index in [4.69, 9.17) is 9.84 Å². The highest BCUT2D eigenvalue weighted by atomic mass is 16.6. The number of nitrogens with zero attached hydrogens (tertiary/aromatic N) is 3. The van der Waals surface area contributed by atoms with Crippen molar-refractivity contribution >= 4 is 6.09 Å². The van der Waals surface area contributed by atoms with E-state index in [9.17, 15) is 4.79 Å². The SMILES string of the molecule is CCc1nn(C)c(CC)c1[C@H]1[C@@H]2CN(C(=O)OC(C)(C)C)C[C@@H]21. The van der Waals surface area contributed by atoms with E-state index in [1.165, 1.54) is 17.0 Å². The molecule has 2 aliphatic rings. The van der Waals surface area contributed by atoms with Crippen molar-refractivity contribution in [2.75, 3.05) is 13.1 Å². The molecular weight excluding hydrogens is 290 g/mol. The van der Waals surface area contributed by atoms with Crippen LogP contribution in [-0.4, -0.2) is 39.5 Å². The molecule has 3 rings (SSSR count). The Morgan fingerprint density at radius 1 is 1.22 bits per heavy atom. The first-order valence-electron chi connectivity index (χ1n) is 8.79. The summed E-state index contributed by atoms with van der Waals surface area (Å²) in [5, 5.41) is 4.70. The number of likely N-dealkylation sites (tertiary alicyclic amines) is 1. The monoisotopic (exact) mass is 319 g/mol. The largest absolute Gasteiger partial charge is 0.444 e. The summed E-state index contributed by atoms with van der Waals surface area (Å²) in [5.74, 6) is 1.76. The minimum Gasteiger partial charge on any atom is -0.444 e. The van der Waals surface area contributed by atoms with Gasteiger partial charge in [0, 0.05) is 31.4 Å². The van der Waals surface area contributed by atoms with Crippen molar-refractivity contribution in [3.63, 3.8) is 0 Å². The summed E-state index contributed by atoms with van der Waals surface area (Å²) in [6, 6.07) is 0. The maximum absolute atomic E-state index is 12.2. The molecule has 3 atom stereocenters. The first kappa shape index (κ1) is 16.3. The molecule has 128 valence electrons. The number of aromatic nitrogens is 2. The molecule has 0 aromatic carbocycles. The highest BCUT2D eigenvalue weighted by Crippen LogP contribution is 2.59. The van der Waals surface area contributed by atoms with Crippen LogP contribution in [0.2, 0.25) is 0 Å². The summed E-state index contributed by atoms with van der Waals surface area (Å²) in [4.78, 5) is 14.1. The smallest absolute Gasteiger partial charge is 0.410 e. The Morgan fingerprint density at radius 3 is 2.30 bits per heavy atom. The van der Waals surface area contributed by atoms with Crippen molar-refractivity contribution < 1.29 is 9.53 Å². The highest BCUT2D eigenvalue weighted by Gasteiger charge is 2.59. The molecule has 0 spiro atoms. The summed E-state index contributed by atoms with van der Waals surface area (Å²) < 4.78 is 7.55. The second kappa shape index (κ2) is 5.53. The second-order valence-corrected chi connectivity index (χ2v) is 7.88. The van der Waals surface area contributed by atoms with Crippen molar-refractivity contribution in [1.29, 1.82) is 0 Å². The van der Waals surface area contributed by atoms with E-state index in [-0.39, 0.29) is 6.09 Å². The zero-order chi connectivity index (χ0) is 16.9. The fraction of sp³-hybridized carbons (Fsp3) is 0.778. The van der Waals surface area contributed by atoms with Gasteiger partial charge in [-0.1, -0.05) is 13.8 Å². The Kier molecular flexibility index (Phi) is 3.93. The number of hydrogen-bond acceptors (Lipinski definition) is 3. The first-order chi connectivity index (χ1) is 10.8. The zero-order valence-electron chi connectivity index (χ0n) is 15.2. The van der Waals surface area contributed by atoms with Crippen LogP contribution in [0.25, 0.3) is 0 Å². The van der Waals surface area contributed by atoms with Crippen LogP contribution >= 0.6 is 0 Å². The van der Waals surface area contributed by atoms with E-state index in [2.05, 4.69) is 13.8 Å². The van der Waals surface area contributed by atoms with Crippen molar-refractivity contribution in [1.82, 2.24) is 14.7 Å². The van der Waals surface area contributed by atoms with Crippen LogP contribution in [0.1, 0.15) is 57.5 Å². The van der Waals surface area contributed by atoms with E-state index in [1.807, 2.05) is 37.4 Å². The predicted molar refractivity (Wildman–Crippen MR) is 89.5 cm³/mol. The van der Waals surface area contributed by atoms with Gasteiger partial charge in [-0.05, 0) is 51.4 Å². The fourth-order valence-electron chi connectivity index (χ4n) is 4.13. The van der Waals surface area contributed by atoms with Crippen LogP contribution in [-0.2, 0) is 24.6 Å². The van der Waals surface area contributed by atoms with E-state index < -0.39 is 5.60 Å². The van der Waals surface area contributed by atoms with Gasteiger partial charge in [0.15, 0.2) is 0 Å². The number of piperidine rings is 1. The minimum absolute atomic E-state index is 0.166. The molecule has 1 saturated carbocycles. The van der Waals surface area contributed by atoms with Crippen molar-refractivity contribution in [2.45, 2.75) is 59.0 Å². The topological polar surface area (TPSA) is 47.4 Å². The summed E-state index contributed by atoms with van der Waals surface area (Å²) >= 11 is 0. The third-order valence-electron chi connectivity index (χ3n) is 5.13. The predicted octanol–water partition coefficient (Wildman–Crippen LogP) is 3.13. The summed E-state index contributed by atoms with van der Waals surface area (Å²) in [6.07, 6.45) is 1.83. The first-order valence-corrected chi connectivity index (χ1v) is 8.79. The Balaban J connectivity index is 1.70. The Morgan fingerprint density at radius 2 is 1.83 bits per heavy atom. The Bertz CT molecular complexity index is 603. The number of amides is 1. The van der Waals surface area contributed by atoms with Crippen molar-refractivity contribution in [3.05, 3.63) is 17.0 Å². The Hall–Kier alpha value is -1.52. The average molecular weight is 319 g/mol. The van der Waals surface area contributed by atoms with Crippen LogP contribution < -0.4 is 0 Å². The van der Waals surface area contributed by atoms with Gasteiger partial charge in [-0.3, -0.25) is 4.68 Å². The van der Waals surface area contributed by atoms with Gasteiger partial charge in [0.2, 0.25) is 0 Å². The number of carbonyl (C=O) groups is 1. The van der Waals surface area contributed by atoms with E-state index in [0.29, 0.717) is 17.8 Å². The van der Waals surface area contributed by atoms with Gasteiger partial charge in [0.1, 0.15) is 5.60 Å². The molecule has 1 aliphatic carbocycles. The molecule has 0 unspecified atom stereocenters. The zero-order valence-corrected chi connectivity index (χ0v) is 15.2. The van der Waals surface area contributed by atoms with Crippen molar-refractivity contribution in [3.8, 4) is 0 Å². The molecular formula is C18H29N3O2. The molecule has 1 amide bonds. The summed E-state index contributed by atoms with van der Waals surface area (Å²) in [6.45, 7) is 11.8. The summed E-state index contributed by atoms with van der Waals surface area (Å²) in [7, 11) is 2.05. The molecule has 1 aromatic heterocycles. The number of rotatable bonds is 3. The molecule has 23 heavy (non-hydrogen) atoms. The van der Waals surface area contributed by atoms with Crippen molar-refractivity contribution in [2.24, 2.45) is 18.9 Å². The van der Waals surface area contributed by atoms with Gasteiger partial charge in [-0.2, -0.15) is 5.10 Å². The van der Waals surface area contributed by atoms with Gasteiger partial charge < -0.3 is 9.64 Å². The maximum atomic E-state index is 12.2. The highest BCUT2D eigenvalue weighted by molar-refractivity contribution is 5.69. The van der Waals surface area contributed by atoms with Crippen LogP contribution in [0.3, 0.4) is 0 Å². The van der Waals surface area contributed by atoms with Crippen LogP contribution in [0.4, 0.5) is 4.79 Å². The third kappa shape index (κ3) is 2.86. The average Bonchev–Trinajstić information content (AvgIpc) is 2.83. The molecule has 5 heteroatoms. The molecule has 1 saturated heterocycles. The van der Waals surface area contributed by atoms with Crippen LogP contribution in [0.5, 0.6) is 0 Å². The summed E-state index contributed by atoms with van der Waals surface area (Å²) in [5.41, 5.74) is 3.66. The maximum Gasteiger partial charge on any atom is 0.410 e. The van der Waals surface area contributed by atoms with Crippen LogP contribution in [0.15, 0.2) is 0 Å². The molecule has 0 N–H and O–H groups in total. The quantitative estimate of drug-likeness (QED) is 0.860. The van der Waals surface area contributed by atoms with Gasteiger partial charge in [-0.15, -0.1) is 0 Å². The molecule has 1 aromatic rings. The number of carbonyl (C=O) groups excluding carboxylic acids is 1. The lowest BCUT2D eigenvalue weighted by Crippen LogP contribution is -2.37. The number of aryl methyl sites for hydroxylation is 2. The fourth-order valence-corrected chi connectivity index (χ4v) is 4.13.